The van der Waals surface area contributed by atoms with E-state index in [1.807, 2.05) is 11.9 Å². The number of hydrogen-bond acceptors (Lipinski definition) is 1. The van der Waals surface area contributed by atoms with Gasteiger partial charge in [0.15, 0.2) is 0 Å². The van der Waals surface area contributed by atoms with Gasteiger partial charge >= 0.3 is 0 Å². The van der Waals surface area contributed by atoms with E-state index in [0.29, 0.717) is 23.3 Å². The van der Waals surface area contributed by atoms with Gasteiger partial charge in [0.2, 0.25) is 5.91 Å². The van der Waals surface area contributed by atoms with Gasteiger partial charge in [-0.25, -0.2) is 0 Å². The summed E-state index contributed by atoms with van der Waals surface area (Å²) in [7, 11) is 1.97. The molecule has 0 aliphatic heterocycles. The minimum absolute atomic E-state index is 0.383. The van der Waals surface area contributed by atoms with Gasteiger partial charge < -0.3 is 4.90 Å². The molecule has 0 aromatic carbocycles. The Labute approximate surface area is 80.3 Å². The van der Waals surface area contributed by atoms with E-state index >= 15 is 0 Å². The highest BCUT2D eigenvalue weighted by Gasteiger charge is 2.42. The largest absolute Gasteiger partial charge is 0.342 e. The van der Waals surface area contributed by atoms with E-state index in [1.54, 1.807) is 0 Å². The molecule has 0 heterocycles. The average Bonchev–Trinajstić information content (AvgIpc) is 2.79. The van der Waals surface area contributed by atoms with Gasteiger partial charge in [0.25, 0.3) is 0 Å². The molecule has 2 rings (SSSR count). The predicted molar refractivity (Wildman–Crippen MR) is 52.3 cm³/mol. The third-order valence-electron chi connectivity index (χ3n) is 3.40. The quantitative estimate of drug-likeness (QED) is 0.638. The molecular weight excluding hydrogens is 162 g/mol. The highest BCUT2D eigenvalue weighted by Crippen LogP contribution is 2.43. The van der Waals surface area contributed by atoms with Gasteiger partial charge in [0.1, 0.15) is 0 Å². The molecule has 0 bridgehead atoms. The molecule has 2 aliphatic rings. The van der Waals surface area contributed by atoms with Gasteiger partial charge in [-0.1, -0.05) is 13.8 Å². The molecule has 2 saturated carbocycles. The second-order valence-corrected chi connectivity index (χ2v) is 5.45. The van der Waals surface area contributed by atoms with Crippen molar-refractivity contribution in [2.75, 3.05) is 7.05 Å². The summed E-state index contributed by atoms with van der Waals surface area (Å²) in [6.07, 6.45) is 4.61. The minimum Gasteiger partial charge on any atom is -0.342 e. The fraction of sp³-hybridized carbons (Fsp3) is 0.909. The van der Waals surface area contributed by atoms with Gasteiger partial charge in [0.05, 0.1) is 0 Å². The fourth-order valence-electron chi connectivity index (χ4n) is 2.29. The zero-order chi connectivity index (χ0) is 9.64. The second-order valence-electron chi connectivity index (χ2n) is 5.45. The summed E-state index contributed by atoms with van der Waals surface area (Å²) in [5.41, 5.74) is 0.475. The van der Waals surface area contributed by atoms with Crippen LogP contribution in [0, 0.1) is 11.3 Å². The van der Waals surface area contributed by atoms with Crippen LogP contribution in [0.5, 0.6) is 0 Å². The molecule has 2 nitrogen and oxygen atoms in total. The first-order chi connectivity index (χ1) is 5.99. The molecule has 0 radical (unpaired) electrons. The Morgan fingerprint density at radius 1 is 1.31 bits per heavy atom. The van der Waals surface area contributed by atoms with Gasteiger partial charge in [0, 0.05) is 19.0 Å². The van der Waals surface area contributed by atoms with E-state index in [1.165, 1.54) is 12.8 Å². The maximum atomic E-state index is 11.7. The van der Waals surface area contributed by atoms with Crippen LogP contribution in [0.4, 0.5) is 0 Å². The first-order valence-electron chi connectivity index (χ1n) is 5.26. The third kappa shape index (κ3) is 1.72. The lowest BCUT2D eigenvalue weighted by Gasteiger charge is -2.47. The maximum Gasteiger partial charge on any atom is 0.225 e. The molecule has 0 unspecified atom stereocenters. The standard InChI is InChI=1S/C11H19NO/c1-11(2)6-9(7-11)12(3)10(13)8-4-5-8/h8-9H,4-7H2,1-3H3. The molecule has 0 atom stereocenters. The van der Waals surface area contributed by atoms with Crippen molar-refractivity contribution in [2.24, 2.45) is 11.3 Å². The van der Waals surface area contributed by atoms with E-state index in [4.69, 9.17) is 0 Å². The number of carbonyl (C=O) groups excluding carboxylic acids is 1. The van der Waals surface area contributed by atoms with Gasteiger partial charge in [-0.2, -0.15) is 0 Å². The van der Waals surface area contributed by atoms with Crippen LogP contribution in [-0.4, -0.2) is 23.9 Å². The van der Waals surface area contributed by atoms with Crippen LogP contribution in [0.3, 0.4) is 0 Å². The Kier molecular flexibility index (Phi) is 1.90. The lowest BCUT2D eigenvalue weighted by atomic mass is 9.68. The van der Waals surface area contributed by atoms with Crippen LogP contribution in [0.15, 0.2) is 0 Å². The molecule has 1 amide bonds. The van der Waals surface area contributed by atoms with Crippen LogP contribution >= 0.6 is 0 Å². The SMILES string of the molecule is CN(C(=O)C1CC1)C1CC(C)(C)C1. The summed E-state index contributed by atoms with van der Waals surface area (Å²) in [5, 5.41) is 0. The topological polar surface area (TPSA) is 20.3 Å². The zero-order valence-corrected chi connectivity index (χ0v) is 8.84. The molecule has 2 heteroatoms. The molecule has 0 aromatic heterocycles. The molecule has 0 spiro atoms. The Morgan fingerprint density at radius 2 is 1.85 bits per heavy atom. The highest BCUT2D eigenvalue weighted by molar-refractivity contribution is 5.81. The summed E-state index contributed by atoms with van der Waals surface area (Å²) in [6, 6.07) is 0.531. The Morgan fingerprint density at radius 3 is 2.23 bits per heavy atom. The van der Waals surface area contributed by atoms with Gasteiger partial charge in [-0.3, -0.25) is 4.79 Å². The Hall–Kier alpha value is -0.530. The van der Waals surface area contributed by atoms with Crippen molar-refractivity contribution in [3.63, 3.8) is 0 Å². The molecule has 13 heavy (non-hydrogen) atoms. The second kappa shape index (κ2) is 2.73. The van der Waals surface area contributed by atoms with E-state index < -0.39 is 0 Å². The summed E-state index contributed by atoms with van der Waals surface area (Å²) in [4.78, 5) is 13.7. The third-order valence-corrected chi connectivity index (χ3v) is 3.40. The van der Waals surface area contributed by atoms with Crippen molar-refractivity contribution >= 4 is 5.91 Å². The Balaban J connectivity index is 1.85. The lowest BCUT2D eigenvalue weighted by molar-refractivity contribution is -0.137. The lowest BCUT2D eigenvalue weighted by Crippen LogP contribution is -2.49. The monoisotopic (exact) mass is 181 g/mol. The fourth-order valence-corrected chi connectivity index (χ4v) is 2.29. The first kappa shape index (κ1) is 9.04. The summed E-state index contributed by atoms with van der Waals surface area (Å²) in [5.74, 6) is 0.772. The van der Waals surface area contributed by atoms with Gasteiger partial charge in [-0.05, 0) is 31.1 Å². The Bertz CT molecular complexity index is 222. The van der Waals surface area contributed by atoms with E-state index in [9.17, 15) is 4.79 Å². The summed E-state index contributed by atoms with van der Waals surface area (Å²) in [6.45, 7) is 4.55. The molecule has 0 aromatic rings. The zero-order valence-electron chi connectivity index (χ0n) is 8.84. The molecular formula is C11H19NO. The maximum absolute atomic E-state index is 11.7. The normalized spacial score (nSPS) is 26.7. The van der Waals surface area contributed by atoms with E-state index in [0.717, 1.165) is 12.8 Å². The van der Waals surface area contributed by atoms with Crippen molar-refractivity contribution in [3.8, 4) is 0 Å². The van der Waals surface area contributed by atoms with E-state index in [2.05, 4.69) is 13.8 Å². The van der Waals surface area contributed by atoms with Crippen molar-refractivity contribution in [1.29, 1.82) is 0 Å². The van der Waals surface area contributed by atoms with Crippen LogP contribution < -0.4 is 0 Å². The molecule has 2 aliphatic carbocycles. The molecule has 2 fully saturated rings. The highest BCUT2D eigenvalue weighted by atomic mass is 16.2. The molecule has 74 valence electrons. The van der Waals surface area contributed by atoms with Crippen LogP contribution in [-0.2, 0) is 4.79 Å². The van der Waals surface area contributed by atoms with Crippen molar-refractivity contribution < 1.29 is 4.79 Å². The average molecular weight is 181 g/mol. The van der Waals surface area contributed by atoms with Crippen LogP contribution in [0.1, 0.15) is 39.5 Å². The van der Waals surface area contributed by atoms with Crippen molar-refractivity contribution in [2.45, 2.75) is 45.6 Å². The van der Waals surface area contributed by atoms with Crippen LogP contribution in [0.2, 0.25) is 0 Å². The van der Waals surface area contributed by atoms with Crippen molar-refractivity contribution in [1.82, 2.24) is 4.90 Å². The number of carbonyl (C=O) groups is 1. The van der Waals surface area contributed by atoms with E-state index in [-0.39, 0.29) is 0 Å². The number of nitrogens with zero attached hydrogens (tertiary/aromatic N) is 1. The first-order valence-corrected chi connectivity index (χ1v) is 5.26. The molecule has 0 saturated heterocycles. The van der Waals surface area contributed by atoms with Crippen molar-refractivity contribution in [3.05, 3.63) is 0 Å². The number of amides is 1. The number of rotatable bonds is 2. The summed E-state index contributed by atoms with van der Waals surface area (Å²) < 4.78 is 0. The smallest absolute Gasteiger partial charge is 0.225 e. The molecule has 0 N–H and O–H groups in total. The minimum atomic E-state index is 0.383. The predicted octanol–water partition coefficient (Wildman–Crippen LogP) is 2.04. The van der Waals surface area contributed by atoms with Crippen LogP contribution in [0.25, 0.3) is 0 Å². The number of hydrogen-bond donors (Lipinski definition) is 0. The van der Waals surface area contributed by atoms with Gasteiger partial charge in [-0.15, -0.1) is 0 Å². The summed E-state index contributed by atoms with van der Waals surface area (Å²) >= 11 is 0.